The van der Waals surface area contributed by atoms with Crippen LogP contribution in [-0.2, 0) is 16.4 Å². The number of nitrogens with zero attached hydrogens (tertiary/aromatic N) is 1. The number of hydrogen-bond acceptors (Lipinski definition) is 4. The lowest BCUT2D eigenvalue weighted by Crippen LogP contribution is -2.41. The topological polar surface area (TPSA) is 79.8 Å². The molecule has 0 aliphatic heterocycles. The van der Waals surface area contributed by atoms with E-state index >= 15 is 0 Å². The second kappa shape index (κ2) is 9.44. The van der Waals surface area contributed by atoms with Gasteiger partial charge in [0.25, 0.3) is 0 Å². The van der Waals surface area contributed by atoms with Gasteiger partial charge in [-0.3, -0.25) is 0 Å². The third-order valence-electron chi connectivity index (χ3n) is 4.59. The number of nitrogens with one attached hydrogen (secondary N) is 2. The molecule has 0 aromatic heterocycles. The summed E-state index contributed by atoms with van der Waals surface area (Å²) in [6, 6.07) is 6.17. The average Bonchev–Trinajstić information content (AvgIpc) is 3.34. The molecule has 1 saturated carbocycles. The third kappa shape index (κ3) is 7.40. The van der Waals surface area contributed by atoms with Gasteiger partial charge in [-0.1, -0.05) is 19.1 Å². The van der Waals surface area contributed by atoms with E-state index in [2.05, 4.69) is 34.7 Å². The molecule has 1 aromatic carbocycles. The zero-order chi connectivity index (χ0) is 19.9. The van der Waals surface area contributed by atoms with Crippen molar-refractivity contribution >= 4 is 15.8 Å². The van der Waals surface area contributed by atoms with Crippen molar-refractivity contribution in [1.29, 1.82) is 0 Å². The Labute approximate surface area is 163 Å². The van der Waals surface area contributed by atoms with Crippen LogP contribution in [0.4, 0.5) is 0 Å². The molecule has 0 saturated heterocycles. The van der Waals surface area contributed by atoms with Gasteiger partial charge in [-0.2, -0.15) is 0 Å². The average molecular weight is 396 g/mol. The molecule has 0 radical (unpaired) electrons. The zero-order valence-electron chi connectivity index (χ0n) is 17.0. The summed E-state index contributed by atoms with van der Waals surface area (Å²) in [7, 11) is -2.97. The summed E-state index contributed by atoms with van der Waals surface area (Å²) in [4.78, 5) is 4.67. The highest BCUT2D eigenvalue weighted by molar-refractivity contribution is 7.90. The van der Waals surface area contributed by atoms with Crippen molar-refractivity contribution in [2.75, 3.05) is 31.7 Å². The minimum absolute atomic E-state index is 0.136. The van der Waals surface area contributed by atoms with Gasteiger partial charge in [-0.25, -0.2) is 13.4 Å². The Bertz CT molecular complexity index is 756. The van der Waals surface area contributed by atoms with E-state index in [-0.39, 0.29) is 11.2 Å². The van der Waals surface area contributed by atoms with Gasteiger partial charge in [0.1, 0.15) is 15.6 Å². The summed E-state index contributed by atoms with van der Waals surface area (Å²) in [6.45, 7) is 8.72. The molecule has 0 atom stereocenters. The fraction of sp³-hybridized carbons (Fsp3) is 0.650. The first kappa shape index (κ1) is 21.5. The van der Waals surface area contributed by atoms with E-state index in [9.17, 15) is 8.42 Å². The van der Waals surface area contributed by atoms with E-state index in [4.69, 9.17) is 4.74 Å². The Morgan fingerprint density at radius 1 is 1.26 bits per heavy atom. The van der Waals surface area contributed by atoms with Gasteiger partial charge in [0.05, 0.1) is 18.9 Å². The number of guanidine groups is 1. The standard InChI is InChI=1S/C20H33N3O3S/c1-5-11-26-18-12-16(3)7-8-17(18)13-22-19(21-6-2)23-14-20(9-10-20)15-27(4,24)25/h7-8,12H,5-6,9-11,13-15H2,1-4H3,(H2,21,22,23). The highest BCUT2D eigenvalue weighted by Gasteiger charge is 2.45. The molecule has 1 fully saturated rings. The lowest BCUT2D eigenvalue weighted by molar-refractivity contribution is 0.314. The maximum Gasteiger partial charge on any atom is 0.191 e. The second-order valence-corrected chi connectivity index (χ2v) is 9.72. The summed E-state index contributed by atoms with van der Waals surface area (Å²) >= 11 is 0. The van der Waals surface area contributed by atoms with Gasteiger partial charge in [-0.15, -0.1) is 0 Å². The van der Waals surface area contributed by atoms with Gasteiger partial charge in [0, 0.05) is 30.3 Å². The van der Waals surface area contributed by atoms with Crippen LogP contribution in [0.1, 0.15) is 44.2 Å². The van der Waals surface area contributed by atoms with Crippen LogP contribution in [-0.4, -0.2) is 46.1 Å². The van der Waals surface area contributed by atoms with Crippen LogP contribution >= 0.6 is 0 Å². The summed E-state index contributed by atoms with van der Waals surface area (Å²) in [6.07, 6.45) is 4.16. The first-order valence-electron chi connectivity index (χ1n) is 9.69. The van der Waals surface area contributed by atoms with E-state index < -0.39 is 9.84 Å². The predicted molar refractivity (Wildman–Crippen MR) is 111 cm³/mol. The van der Waals surface area contributed by atoms with Crippen molar-refractivity contribution in [3.05, 3.63) is 29.3 Å². The van der Waals surface area contributed by atoms with Crippen molar-refractivity contribution < 1.29 is 13.2 Å². The lowest BCUT2D eigenvalue weighted by Gasteiger charge is -2.18. The molecule has 0 bridgehead atoms. The molecule has 2 N–H and O–H groups in total. The number of rotatable bonds is 10. The number of benzene rings is 1. The predicted octanol–water partition coefficient (Wildman–Crippen LogP) is 2.66. The highest BCUT2D eigenvalue weighted by atomic mass is 32.2. The maximum atomic E-state index is 11.6. The van der Waals surface area contributed by atoms with Gasteiger partial charge in [-0.05, 0) is 44.7 Å². The number of hydrogen-bond donors (Lipinski definition) is 2. The smallest absolute Gasteiger partial charge is 0.191 e. The molecule has 1 aliphatic carbocycles. The van der Waals surface area contributed by atoms with Crippen LogP contribution in [0.3, 0.4) is 0 Å². The summed E-state index contributed by atoms with van der Waals surface area (Å²) in [5.41, 5.74) is 2.07. The van der Waals surface area contributed by atoms with Crippen LogP contribution in [0.5, 0.6) is 5.75 Å². The number of aryl methyl sites for hydroxylation is 1. The van der Waals surface area contributed by atoms with E-state index in [1.807, 2.05) is 19.9 Å². The van der Waals surface area contributed by atoms with Crippen LogP contribution in [0.2, 0.25) is 0 Å². The Hall–Kier alpha value is -1.76. The van der Waals surface area contributed by atoms with E-state index in [0.29, 0.717) is 25.7 Å². The Kier molecular flexibility index (Phi) is 7.53. The molecule has 1 aliphatic rings. The second-order valence-electron chi connectivity index (χ2n) is 7.58. The Morgan fingerprint density at radius 2 is 2.00 bits per heavy atom. The molecule has 7 heteroatoms. The molecule has 27 heavy (non-hydrogen) atoms. The molecular formula is C20H33N3O3S. The minimum Gasteiger partial charge on any atom is -0.493 e. The minimum atomic E-state index is -2.97. The summed E-state index contributed by atoms with van der Waals surface area (Å²) in [5, 5.41) is 6.56. The van der Waals surface area contributed by atoms with Gasteiger partial charge >= 0.3 is 0 Å². The van der Waals surface area contributed by atoms with Crippen molar-refractivity contribution in [2.24, 2.45) is 10.4 Å². The molecule has 0 amide bonds. The molecule has 2 rings (SSSR count). The van der Waals surface area contributed by atoms with Crippen molar-refractivity contribution in [2.45, 2.75) is 46.6 Å². The fourth-order valence-corrected chi connectivity index (χ4v) is 4.52. The quantitative estimate of drug-likeness (QED) is 0.470. The molecule has 0 spiro atoms. The van der Waals surface area contributed by atoms with Crippen molar-refractivity contribution in [3.63, 3.8) is 0 Å². The first-order chi connectivity index (χ1) is 12.8. The van der Waals surface area contributed by atoms with Crippen molar-refractivity contribution in [3.8, 4) is 5.75 Å². The van der Waals surface area contributed by atoms with Crippen LogP contribution in [0.15, 0.2) is 23.2 Å². The third-order valence-corrected chi connectivity index (χ3v) is 5.73. The lowest BCUT2D eigenvalue weighted by atomic mass is 10.1. The van der Waals surface area contributed by atoms with E-state index in [0.717, 1.165) is 42.7 Å². The monoisotopic (exact) mass is 395 g/mol. The SMILES string of the molecule is CCCOc1cc(C)ccc1CN=C(NCC)NCC1(CS(C)(=O)=O)CC1. The zero-order valence-corrected chi connectivity index (χ0v) is 17.8. The van der Waals surface area contributed by atoms with Crippen molar-refractivity contribution in [1.82, 2.24) is 10.6 Å². The first-order valence-corrected chi connectivity index (χ1v) is 11.8. The highest BCUT2D eigenvalue weighted by Crippen LogP contribution is 2.46. The molecule has 152 valence electrons. The Morgan fingerprint density at radius 3 is 2.59 bits per heavy atom. The number of ether oxygens (including phenoxy) is 1. The molecule has 6 nitrogen and oxygen atoms in total. The van der Waals surface area contributed by atoms with Crippen LogP contribution < -0.4 is 15.4 Å². The summed E-state index contributed by atoms with van der Waals surface area (Å²) in [5.74, 6) is 1.82. The van der Waals surface area contributed by atoms with Gasteiger partial charge < -0.3 is 15.4 Å². The Balaban J connectivity index is 2.03. The molecule has 0 unspecified atom stereocenters. The van der Waals surface area contributed by atoms with Gasteiger partial charge in [0.2, 0.25) is 0 Å². The fourth-order valence-electron chi connectivity index (χ4n) is 3.02. The van der Waals surface area contributed by atoms with Gasteiger partial charge in [0.15, 0.2) is 5.96 Å². The molecular weight excluding hydrogens is 362 g/mol. The van der Waals surface area contributed by atoms with E-state index in [1.54, 1.807) is 0 Å². The summed E-state index contributed by atoms with van der Waals surface area (Å²) < 4.78 is 29.1. The number of sulfone groups is 1. The molecule has 0 heterocycles. The number of aliphatic imine (C=N–C) groups is 1. The van der Waals surface area contributed by atoms with Crippen LogP contribution in [0.25, 0.3) is 0 Å². The normalized spacial score (nSPS) is 16.1. The van der Waals surface area contributed by atoms with Crippen LogP contribution in [0, 0.1) is 12.3 Å². The maximum absolute atomic E-state index is 11.6. The molecule has 1 aromatic rings. The largest absolute Gasteiger partial charge is 0.493 e. The van der Waals surface area contributed by atoms with E-state index in [1.165, 1.54) is 6.26 Å².